The Kier molecular flexibility index (Phi) is 4.39. The Hall–Kier alpha value is -2.08. The van der Waals surface area contributed by atoms with Crippen LogP contribution in [0, 0.1) is 5.82 Å². The lowest BCUT2D eigenvalue weighted by molar-refractivity contribution is 0.244. The molecule has 1 atom stereocenters. The molecule has 1 aromatic carbocycles. The average Bonchev–Trinajstić information content (AvgIpc) is 2.64. The van der Waals surface area contributed by atoms with E-state index >= 15 is 4.39 Å². The Labute approximate surface area is 153 Å². The number of rotatable bonds is 2. The number of hydrogen-bond donors (Lipinski definition) is 0. The van der Waals surface area contributed by atoms with Gasteiger partial charge in [0.2, 0.25) is 0 Å². The minimum Gasteiger partial charge on any atom is -0.487 e. The van der Waals surface area contributed by atoms with E-state index in [2.05, 4.69) is 46.5 Å². The summed E-state index contributed by atoms with van der Waals surface area (Å²) < 4.78 is 23.6. The topological polar surface area (TPSA) is 33.0 Å². The predicted molar refractivity (Wildman–Crippen MR) is 103 cm³/mol. The fraction of sp³-hybridized carbons (Fsp3) is 0.550. The Balaban J connectivity index is 2.02. The summed E-state index contributed by atoms with van der Waals surface area (Å²) in [6.07, 6.45) is 3.04. The summed E-state index contributed by atoms with van der Waals surface area (Å²) in [7, 11) is 3.88. The lowest BCUT2D eigenvalue weighted by atomic mass is 10.0. The van der Waals surface area contributed by atoms with E-state index in [-0.39, 0.29) is 11.9 Å². The molecular formula is C20H27FN4O. The summed E-state index contributed by atoms with van der Waals surface area (Å²) in [5, 5.41) is 1.73. The van der Waals surface area contributed by atoms with Gasteiger partial charge in [-0.1, -0.05) is 6.92 Å². The summed E-state index contributed by atoms with van der Waals surface area (Å²) in [6, 6.07) is 1.87. The second-order valence-electron chi connectivity index (χ2n) is 7.37. The lowest BCUT2D eigenvalue weighted by Gasteiger charge is -2.37. The van der Waals surface area contributed by atoms with Crippen LogP contribution in [0.15, 0.2) is 17.3 Å². The zero-order valence-electron chi connectivity index (χ0n) is 16.0. The standard InChI is InChI=1S/C20H27FN4O/c1-5-14-11-25-13(2)12-26-20-18(25)15(17(14)22-3)10-16(21)19(20)24-8-6-23(4)7-9-24/h10-11,13H,5-9,12H2,1-4H3/b22-17+/t13-/m0/s1. The van der Waals surface area contributed by atoms with Crippen molar-refractivity contribution in [3.8, 4) is 5.75 Å². The van der Waals surface area contributed by atoms with E-state index in [4.69, 9.17) is 4.74 Å². The SMILES string of the molecule is CCc1cn2c3c(c(N4CCN(C)CC4)c(F)cc3/c1=N/C)OC[C@@H]2C. The summed E-state index contributed by atoms with van der Waals surface area (Å²) in [4.78, 5) is 8.87. The van der Waals surface area contributed by atoms with E-state index in [9.17, 15) is 0 Å². The normalized spacial score (nSPS) is 21.3. The first kappa shape index (κ1) is 17.3. The number of piperazine rings is 1. The van der Waals surface area contributed by atoms with Crippen LogP contribution >= 0.6 is 0 Å². The van der Waals surface area contributed by atoms with Crippen molar-refractivity contribution in [1.82, 2.24) is 9.47 Å². The predicted octanol–water partition coefficient (Wildman–Crippen LogP) is 2.58. The van der Waals surface area contributed by atoms with Crippen LogP contribution in [-0.4, -0.2) is 56.3 Å². The molecule has 0 N–H and O–H groups in total. The molecule has 2 aromatic rings. The molecule has 5 nitrogen and oxygen atoms in total. The minimum absolute atomic E-state index is 0.212. The second-order valence-corrected chi connectivity index (χ2v) is 7.37. The highest BCUT2D eigenvalue weighted by Crippen LogP contribution is 2.42. The molecule has 4 rings (SSSR count). The number of ether oxygens (including phenoxy) is 1. The largest absolute Gasteiger partial charge is 0.487 e. The van der Waals surface area contributed by atoms with Gasteiger partial charge in [-0.2, -0.15) is 0 Å². The van der Waals surface area contributed by atoms with E-state index < -0.39 is 0 Å². The smallest absolute Gasteiger partial charge is 0.170 e. The molecule has 1 saturated heterocycles. The molecule has 26 heavy (non-hydrogen) atoms. The first-order chi connectivity index (χ1) is 12.5. The van der Waals surface area contributed by atoms with E-state index in [1.54, 1.807) is 13.1 Å². The van der Waals surface area contributed by atoms with Gasteiger partial charge in [0.1, 0.15) is 12.3 Å². The van der Waals surface area contributed by atoms with Crippen molar-refractivity contribution in [2.45, 2.75) is 26.3 Å². The highest BCUT2D eigenvalue weighted by molar-refractivity contribution is 5.92. The monoisotopic (exact) mass is 358 g/mol. The van der Waals surface area contributed by atoms with Crippen LogP contribution in [0.2, 0.25) is 0 Å². The van der Waals surface area contributed by atoms with Crippen molar-refractivity contribution < 1.29 is 9.13 Å². The number of halogens is 1. The first-order valence-electron chi connectivity index (χ1n) is 9.44. The molecule has 0 aliphatic carbocycles. The molecular weight excluding hydrogens is 331 g/mol. The molecule has 1 aromatic heterocycles. The molecule has 3 heterocycles. The molecule has 0 radical (unpaired) electrons. The number of likely N-dealkylation sites (N-methyl/N-ethyl adjacent to an activating group) is 1. The van der Waals surface area contributed by atoms with Gasteiger partial charge in [-0.15, -0.1) is 0 Å². The number of aryl methyl sites for hydroxylation is 1. The van der Waals surface area contributed by atoms with Crippen molar-refractivity contribution in [2.75, 3.05) is 51.8 Å². The Bertz CT molecular complexity index is 912. The third kappa shape index (κ3) is 2.58. The number of nitrogens with zero attached hydrogens (tertiary/aromatic N) is 4. The highest BCUT2D eigenvalue weighted by atomic mass is 19.1. The summed E-state index contributed by atoms with van der Waals surface area (Å²) in [6.45, 7) is 8.29. The quantitative estimate of drug-likeness (QED) is 0.827. The number of aromatic nitrogens is 1. The molecule has 0 saturated carbocycles. The van der Waals surface area contributed by atoms with Crippen LogP contribution in [0.1, 0.15) is 25.5 Å². The van der Waals surface area contributed by atoms with E-state index in [1.165, 1.54) is 0 Å². The van der Waals surface area contributed by atoms with Gasteiger partial charge in [0, 0.05) is 44.8 Å². The number of pyridine rings is 1. The van der Waals surface area contributed by atoms with Crippen molar-refractivity contribution in [2.24, 2.45) is 4.99 Å². The van der Waals surface area contributed by atoms with Gasteiger partial charge >= 0.3 is 0 Å². The molecule has 140 valence electrons. The lowest BCUT2D eigenvalue weighted by Crippen LogP contribution is -2.45. The van der Waals surface area contributed by atoms with Gasteiger partial charge in [0.05, 0.1) is 16.9 Å². The van der Waals surface area contributed by atoms with Crippen molar-refractivity contribution in [3.05, 3.63) is 29.0 Å². The molecule has 0 amide bonds. The van der Waals surface area contributed by atoms with E-state index in [0.717, 1.165) is 54.4 Å². The minimum atomic E-state index is -0.212. The van der Waals surface area contributed by atoms with Gasteiger partial charge in [0.25, 0.3) is 0 Å². The Morgan fingerprint density at radius 2 is 2.00 bits per heavy atom. The summed E-state index contributed by atoms with van der Waals surface area (Å²) in [5.41, 5.74) is 2.72. The summed E-state index contributed by atoms with van der Waals surface area (Å²) in [5.74, 6) is 0.464. The fourth-order valence-corrected chi connectivity index (χ4v) is 4.13. The van der Waals surface area contributed by atoms with Gasteiger partial charge in [-0.3, -0.25) is 4.99 Å². The highest BCUT2D eigenvalue weighted by Gasteiger charge is 2.29. The molecule has 0 unspecified atom stereocenters. The van der Waals surface area contributed by atoms with E-state index in [1.807, 2.05) is 0 Å². The second kappa shape index (κ2) is 6.58. The Morgan fingerprint density at radius 3 is 2.65 bits per heavy atom. The number of anilines is 1. The molecule has 6 heteroatoms. The summed E-state index contributed by atoms with van der Waals surface area (Å²) >= 11 is 0. The zero-order chi connectivity index (χ0) is 18.4. The number of benzene rings is 1. The van der Waals surface area contributed by atoms with Gasteiger partial charge in [-0.05, 0) is 32.0 Å². The maximum absolute atomic E-state index is 15.3. The van der Waals surface area contributed by atoms with Crippen LogP contribution in [0.4, 0.5) is 10.1 Å². The molecule has 0 spiro atoms. The van der Waals surface area contributed by atoms with Crippen molar-refractivity contribution in [1.29, 1.82) is 0 Å². The molecule has 0 bridgehead atoms. The maximum Gasteiger partial charge on any atom is 0.170 e. The molecule has 2 aliphatic heterocycles. The molecule has 1 fully saturated rings. The van der Waals surface area contributed by atoms with Crippen LogP contribution in [0.3, 0.4) is 0 Å². The number of hydrogen-bond acceptors (Lipinski definition) is 4. The first-order valence-corrected chi connectivity index (χ1v) is 9.44. The fourth-order valence-electron chi connectivity index (χ4n) is 4.13. The van der Waals surface area contributed by atoms with Gasteiger partial charge < -0.3 is 19.1 Å². The zero-order valence-corrected chi connectivity index (χ0v) is 16.0. The van der Waals surface area contributed by atoms with Crippen LogP contribution < -0.4 is 15.0 Å². The van der Waals surface area contributed by atoms with Crippen LogP contribution in [0.5, 0.6) is 5.75 Å². The maximum atomic E-state index is 15.3. The van der Waals surface area contributed by atoms with Gasteiger partial charge in [0.15, 0.2) is 11.6 Å². The average molecular weight is 358 g/mol. The molecule has 2 aliphatic rings. The van der Waals surface area contributed by atoms with Crippen LogP contribution in [0.25, 0.3) is 10.9 Å². The van der Waals surface area contributed by atoms with Gasteiger partial charge in [-0.25, -0.2) is 4.39 Å². The van der Waals surface area contributed by atoms with Crippen molar-refractivity contribution in [3.63, 3.8) is 0 Å². The third-order valence-corrected chi connectivity index (χ3v) is 5.66. The van der Waals surface area contributed by atoms with E-state index in [0.29, 0.717) is 18.0 Å². The Morgan fingerprint density at radius 1 is 1.27 bits per heavy atom. The van der Waals surface area contributed by atoms with Crippen LogP contribution in [-0.2, 0) is 6.42 Å². The third-order valence-electron chi connectivity index (χ3n) is 5.66. The van der Waals surface area contributed by atoms with Crippen molar-refractivity contribution >= 4 is 16.6 Å².